The summed E-state index contributed by atoms with van der Waals surface area (Å²) in [5.74, 6) is 1.43. The van der Waals surface area contributed by atoms with Crippen molar-refractivity contribution >= 4 is 22.3 Å². The fourth-order valence-corrected chi connectivity index (χ4v) is 3.36. The van der Waals surface area contributed by atoms with Gasteiger partial charge in [0.1, 0.15) is 17.3 Å². The fourth-order valence-electron chi connectivity index (χ4n) is 2.64. The van der Waals surface area contributed by atoms with Crippen LogP contribution in [0, 0.1) is 0 Å². The average Bonchev–Trinajstić information content (AvgIpc) is 3.08. The van der Waals surface area contributed by atoms with Crippen molar-refractivity contribution in [2.24, 2.45) is 0 Å². The fraction of sp³-hybridized carbons (Fsp3) is 0.0476. The van der Waals surface area contributed by atoms with Gasteiger partial charge in [0.2, 0.25) is 5.06 Å². The molecule has 6 heteroatoms. The molecule has 4 rings (SSSR count). The van der Waals surface area contributed by atoms with Crippen LogP contribution >= 0.6 is 11.3 Å². The Labute approximate surface area is 161 Å². The molecule has 0 saturated carbocycles. The van der Waals surface area contributed by atoms with Gasteiger partial charge in [-0.15, -0.1) is 0 Å². The quantitative estimate of drug-likeness (QED) is 0.486. The van der Waals surface area contributed by atoms with E-state index in [1.807, 2.05) is 60.7 Å². The zero-order valence-corrected chi connectivity index (χ0v) is 15.3. The third-order valence-corrected chi connectivity index (χ3v) is 4.68. The molecule has 0 fully saturated rings. The molecule has 0 spiro atoms. The Hall–Kier alpha value is -3.38. The highest BCUT2D eigenvalue weighted by Crippen LogP contribution is 2.39. The molecule has 2 aromatic heterocycles. The van der Waals surface area contributed by atoms with Crippen LogP contribution in [0.1, 0.15) is 5.56 Å². The molecule has 0 aliphatic rings. The Balaban J connectivity index is 1.52. The normalized spacial score (nSPS) is 10.5. The number of pyridine rings is 1. The Bertz CT molecular complexity index is 1020. The van der Waals surface area contributed by atoms with Crippen molar-refractivity contribution in [1.29, 1.82) is 0 Å². The third-order valence-electron chi connectivity index (χ3n) is 3.92. The van der Waals surface area contributed by atoms with E-state index in [9.17, 15) is 0 Å². The number of nitrogen functional groups attached to an aromatic ring is 1. The molecule has 0 aliphatic carbocycles. The van der Waals surface area contributed by atoms with Crippen LogP contribution in [0.25, 0.3) is 11.3 Å². The first-order chi connectivity index (χ1) is 13.3. The van der Waals surface area contributed by atoms with Crippen LogP contribution in [0.3, 0.4) is 0 Å². The van der Waals surface area contributed by atoms with E-state index < -0.39 is 0 Å². The maximum atomic E-state index is 6.07. The van der Waals surface area contributed by atoms with Gasteiger partial charge < -0.3 is 15.8 Å². The van der Waals surface area contributed by atoms with Crippen molar-refractivity contribution in [1.82, 2.24) is 9.97 Å². The lowest BCUT2D eigenvalue weighted by atomic mass is 10.2. The van der Waals surface area contributed by atoms with E-state index in [0.717, 1.165) is 17.1 Å². The Kier molecular flexibility index (Phi) is 4.98. The first-order valence-electron chi connectivity index (χ1n) is 8.51. The number of benzene rings is 2. The maximum Gasteiger partial charge on any atom is 0.210 e. The Morgan fingerprint density at radius 2 is 1.70 bits per heavy atom. The van der Waals surface area contributed by atoms with Crippen molar-refractivity contribution in [2.45, 2.75) is 6.54 Å². The second-order valence-corrected chi connectivity index (χ2v) is 6.87. The lowest BCUT2D eigenvalue weighted by Crippen LogP contribution is -2.01. The third kappa shape index (κ3) is 4.24. The SMILES string of the molecule is Nc1nc(-c2ccccc2)c(Oc2ccnc(NCc3ccccc3)c2)s1. The van der Waals surface area contributed by atoms with E-state index in [4.69, 9.17) is 10.5 Å². The van der Waals surface area contributed by atoms with Gasteiger partial charge in [-0.1, -0.05) is 72.0 Å². The Morgan fingerprint density at radius 3 is 2.48 bits per heavy atom. The van der Waals surface area contributed by atoms with Crippen molar-refractivity contribution in [2.75, 3.05) is 11.1 Å². The molecule has 27 heavy (non-hydrogen) atoms. The van der Waals surface area contributed by atoms with Crippen molar-refractivity contribution in [3.8, 4) is 22.1 Å². The number of anilines is 2. The van der Waals surface area contributed by atoms with Crippen molar-refractivity contribution < 1.29 is 4.74 Å². The number of hydrogen-bond acceptors (Lipinski definition) is 6. The summed E-state index contributed by atoms with van der Waals surface area (Å²) in [6.07, 6.45) is 1.72. The number of ether oxygens (including phenoxy) is 1. The molecule has 4 aromatic rings. The number of nitrogens with zero attached hydrogens (tertiary/aromatic N) is 2. The summed E-state index contributed by atoms with van der Waals surface area (Å²) in [5.41, 5.74) is 8.82. The van der Waals surface area contributed by atoms with Gasteiger partial charge in [-0.25, -0.2) is 9.97 Å². The summed E-state index contributed by atoms with van der Waals surface area (Å²) < 4.78 is 6.07. The Morgan fingerprint density at radius 1 is 0.963 bits per heavy atom. The summed E-state index contributed by atoms with van der Waals surface area (Å²) in [6.45, 7) is 0.695. The van der Waals surface area contributed by atoms with E-state index in [1.54, 1.807) is 6.20 Å². The molecule has 0 bridgehead atoms. The molecular weight excluding hydrogens is 356 g/mol. The van der Waals surface area contributed by atoms with E-state index >= 15 is 0 Å². The van der Waals surface area contributed by atoms with E-state index in [0.29, 0.717) is 22.5 Å². The topological polar surface area (TPSA) is 73.1 Å². The molecule has 0 amide bonds. The smallest absolute Gasteiger partial charge is 0.210 e. The van der Waals surface area contributed by atoms with Gasteiger partial charge in [-0.2, -0.15) is 0 Å². The van der Waals surface area contributed by atoms with Gasteiger partial charge in [0.25, 0.3) is 0 Å². The monoisotopic (exact) mass is 374 g/mol. The zero-order valence-electron chi connectivity index (χ0n) is 14.5. The average molecular weight is 374 g/mol. The van der Waals surface area contributed by atoms with E-state index in [-0.39, 0.29) is 0 Å². The number of thiazole rings is 1. The van der Waals surface area contributed by atoms with Gasteiger partial charge >= 0.3 is 0 Å². The molecule has 2 heterocycles. The van der Waals surface area contributed by atoms with Crippen LogP contribution in [-0.2, 0) is 6.54 Å². The highest BCUT2D eigenvalue weighted by molar-refractivity contribution is 7.17. The number of hydrogen-bond donors (Lipinski definition) is 2. The molecule has 2 aromatic carbocycles. The summed E-state index contributed by atoms with van der Waals surface area (Å²) in [7, 11) is 0. The number of aromatic nitrogens is 2. The minimum absolute atomic E-state index is 0.473. The molecule has 0 atom stereocenters. The number of nitrogens with one attached hydrogen (secondary N) is 1. The minimum Gasteiger partial charge on any atom is -0.444 e. The molecule has 3 N–H and O–H groups in total. The maximum absolute atomic E-state index is 6.07. The standard InChI is InChI=1S/C21H18N4OS/c22-21-25-19(16-9-5-2-6-10-16)20(27-21)26-17-11-12-23-18(13-17)24-14-15-7-3-1-4-8-15/h1-13H,14H2,(H2,22,25)(H,23,24). The van der Waals surface area contributed by atoms with Gasteiger partial charge in [0.05, 0.1) is 0 Å². The first-order valence-corrected chi connectivity index (χ1v) is 9.33. The van der Waals surface area contributed by atoms with Crippen LogP contribution < -0.4 is 15.8 Å². The van der Waals surface area contributed by atoms with Crippen LogP contribution in [0.15, 0.2) is 79.0 Å². The van der Waals surface area contributed by atoms with Gasteiger partial charge in [-0.3, -0.25) is 0 Å². The van der Waals surface area contributed by atoms with Crippen molar-refractivity contribution in [3.05, 3.63) is 84.6 Å². The molecule has 5 nitrogen and oxygen atoms in total. The van der Waals surface area contributed by atoms with Crippen LogP contribution in [0.2, 0.25) is 0 Å². The molecule has 134 valence electrons. The van der Waals surface area contributed by atoms with E-state index in [1.165, 1.54) is 16.9 Å². The van der Waals surface area contributed by atoms with Gasteiger partial charge in [0, 0.05) is 24.4 Å². The first kappa shape index (κ1) is 17.1. The summed E-state index contributed by atoms with van der Waals surface area (Å²) in [6, 6.07) is 23.7. The molecular formula is C21H18N4OS. The summed E-state index contributed by atoms with van der Waals surface area (Å²) in [5, 5.41) is 4.45. The van der Waals surface area contributed by atoms with Gasteiger partial charge in [0.15, 0.2) is 5.13 Å². The molecule has 0 unspecified atom stereocenters. The molecule has 0 radical (unpaired) electrons. The second-order valence-electron chi connectivity index (χ2n) is 5.87. The second kappa shape index (κ2) is 7.88. The van der Waals surface area contributed by atoms with E-state index in [2.05, 4.69) is 27.4 Å². The molecule has 0 saturated heterocycles. The van der Waals surface area contributed by atoms with Crippen LogP contribution in [0.5, 0.6) is 10.8 Å². The van der Waals surface area contributed by atoms with Crippen molar-refractivity contribution in [3.63, 3.8) is 0 Å². The predicted octanol–water partition coefficient (Wildman–Crippen LogP) is 5.19. The summed E-state index contributed by atoms with van der Waals surface area (Å²) >= 11 is 1.32. The highest BCUT2D eigenvalue weighted by atomic mass is 32.1. The largest absolute Gasteiger partial charge is 0.444 e. The number of nitrogens with two attached hydrogens (primary N) is 1. The van der Waals surface area contributed by atoms with Gasteiger partial charge in [-0.05, 0) is 11.6 Å². The number of rotatable bonds is 6. The van der Waals surface area contributed by atoms with Crippen LogP contribution in [0.4, 0.5) is 10.9 Å². The van der Waals surface area contributed by atoms with Crippen LogP contribution in [-0.4, -0.2) is 9.97 Å². The predicted molar refractivity (Wildman–Crippen MR) is 110 cm³/mol. The highest BCUT2D eigenvalue weighted by Gasteiger charge is 2.14. The lowest BCUT2D eigenvalue weighted by molar-refractivity contribution is 0.496. The molecule has 0 aliphatic heterocycles. The zero-order chi connectivity index (χ0) is 18.5. The summed E-state index contributed by atoms with van der Waals surface area (Å²) in [4.78, 5) is 8.77. The minimum atomic E-state index is 0.473. The lowest BCUT2D eigenvalue weighted by Gasteiger charge is -2.09.